The van der Waals surface area contributed by atoms with Crippen LogP contribution < -0.4 is 11.1 Å². The fourth-order valence-electron chi connectivity index (χ4n) is 1.51. The van der Waals surface area contributed by atoms with Crippen LogP contribution in [0.4, 0.5) is 5.69 Å². The Labute approximate surface area is 117 Å². The number of carbonyl (C=O) groups excluding carboxylic acids is 1. The number of hydrogen-bond acceptors (Lipinski definition) is 3. The molecule has 1 unspecified atom stereocenters. The molecule has 0 saturated heterocycles. The van der Waals surface area contributed by atoms with Crippen LogP contribution in [-0.4, -0.2) is 21.6 Å². The summed E-state index contributed by atoms with van der Waals surface area (Å²) >= 11 is 0. The normalized spacial score (nSPS) is 12.4. The van der Waals surface area contributed by atoms with Crippen LogP contribution in [0, 0.1) is 5.92 Å². The number of nitrogens with one attached hydrogen (secondary N) is 1. The molecule has 4 nitrogen and oxygen atoms in total. The van der Waals surface area contributed by atoms with Crippen LogP contribution in [0.5, 0.6) is 0 Å². The van der Waals surface area contributed by atoms with Gasteiger partial charge in [-0.1, -0.05) is 26.0 Å². The maximum Gasteiger partial charge on any atom is 0.236 e. The molecular weight excluding hydrogens is 260 g/mol. The standard InChI is InChI=1S/C14H22N2O2S/c1-11(2)7-8-19(18)10-14(17)16-13-5-3-12(9-15)4-6-13/h3-6,11H,7-10,15H2,1-2H3,(H,16,17). The van der Waals surface area contributed by atoms with Gasteiger partial charge in [0.1, 0.15) is 5.75 Å². The molecule has 5 heteroatoms. The second kappa shape index (κ2) is 8.07. The fourth-order valence-corrected chi connectivity index (χ4v) is 2.75. The van der Waals surface area contributed by atoms with Gasteiger partial charge in [-0.15, -0.1) is 0 Å². The van der Waals surface area contributed by atoms with Crippen LogP contribution in [0.2, 0.25) is 0 Å². The second-order valence-corrected chi connectivity index (χ2v) is 6.50. The molecule has 106 valence electrons. The molecule has 3 N–H and O–H groups in total. The molecule has 0 aliphatic rings. The van der Waals surface area contributed by atoms with Crippen LogP contribution in [0.15, 0.2) is 24.3 Å². The molecule has 0 aliphatic heterocycles. The Morgan fingerprint density at radius 2 is 1.95 bits per heavy atom. The van der Waals surface area contributed by atoms with E-state index < -0.39 is 10.8 Å². The molecule has 1 aromatic carbocycles. The van der Waals surface area contributed by atoms with Crippen LogP contribution in [0.25, 0.3) is 0 Å². The van der Waals surface area contributed by atoms with E-state index in [1.165, 1.54) is 0 Å². The summed E-state index contributed by atoms with van der Waals surface area (Å²) in [6.45, 7) is 4.64. The highest BCUT2D eigenvalue weighted by atomic mass is 32.2. The Balaban J connectivity index is 2.39. The number of rotatable bonds is 7. The van der Waals surface area contributed by atoms with Crippen LogP contribution >= 0.6 is 0 Å². The lowest BCUT2D eigenvalue weighted by Gasteiger charge is -2.07. The van der Waals surface area contributed by atoms with Crippen LogP contribution in [0.3, 0.4) is 0 Å². The zero-order chi connectivity index (χ0) is 14.3. The summed E-state index contributed by atoms with van der Waals surface area (Å²) in [5, 5.41) is 2.74. The van der Waals surface area contributed by atoms with Crippen LogP contribution in [-0.2, 0) is 22.1 Å². The predicted octanol–water partition coefficient (Wildman–Crippen LogP) is 1.88. The highest BCUT2D eigenvalue weighted by Gasteiger charge is 2.09. The minimum Gasteiger partial charge on any atom is -0.326 e. The zero-order valence-electron chi connectivity index (χ0n) is 11.5. The van der Waals surface area contributed by atoms with E-state index in [1.807, 2.05) is 12.1 Å². The van der Waals surface area contributed by atoms with E-state index in [1.54, 1.807) is 12.1 Å². The van der Waals surface area contributed by atoms with Crippen molar-refractivity contribution in [2.24, 2.45) is 11.7 Å². The van der Waals surface area contributed by atoms with Crippen molar-refractivity contribution in [3.63, 3.8) is 0 Å². The molecule has 0 bridgehead atoms. The maximum absolute atomic E-state index is 11.7. The van der Waals surface area contributed by atoms with E-state index in [2.05, 4.69) is 19.2 Å². The zero-order valence-corrected chi connectivity index (χ0v) is 12.3. The first-order chi connectivity index (χ1) is 9.01. The molecule has 0 aromatic heterocycles. The van der Waals surface area contributed by atoms with Crippen molar-refractivity contribution >= 4 is 22.4 Å². The molecule has 0 aliphatic carbocycles. The van der Waals surface area contributed by atoms with Gasteiger partial charge in [0.15, 0.2) is 0 Å². The number of benzene rings is 1. The molecule has 1 rings (SSSR count). The third kappa shape index (κ3) is 6.50. The van der Waals surface area contributed by atoms with Gasteiger partial charge in [0.25, 0.3) is 0 Å². The lowest BCUT2D eigenvalue weighted by atomic mass is 10.2. The Hall–Kier alpha value is -1.20. The van der Waals surface area contributed by atoms with Crippen LogP contribution in [0.1, 0.15) is 25.8 Å². The molecule has 1 amide bonds. The van der Waals surface area contributed by atoms with Crippen molar-refractivity contribution < 1.29 is 9.00 Å². The minimum absolute atomic E-state index is 0.0609. The summed E-state index contributed by atoms with van der Waals surface area (Å²) in [5.41, 5.74) is 7.22. The highest BCUT2D eigenvalue weighted by molar-refractivity contribution is 7.85. The summed E-state index contributed by atoms with van der Waals surface area (Å²) in [6, 6.07) is 7.34. The number of hydrogen-bond donors (Lipinski definition) is 2. The van der Waals surface area contributed by atoms with Crippen molar-refractivity contribution in [2.75, 3.05) is 16.8 Å². The topological polar surface area (TPSA) is 72.2 Å². The van der Waals surface area contributed by atoms with Gasteiger partial charge in [-0.05, 0) is 30.0 Å². The lowest BCUT2D eigenvalue weighted by Crippen LogP contribution is -2.21. The van der Waals surface area contributed by atoms with Gasteiger partial charge in [0, 0.05) is 28.8 Å². The van der Waals surface area contributed by atoms with Gasteiger partial charge in [0.2, 0.25) is 5.91 Å². The fraction of sp³-hybridized carbons (Fsp3) is 0.500. The second-order valence-electron chi connectivity index (χ2n) is 4.92. The number of nitrogens with two attached hydrogens (primary N) is 1. The average molecular weight is 282 g/mol. The first-order valence-corrected chi connectivity index (χ1v) is 7.94. The molecule has 1 atom stereocenters. The number of carbonyl (C=O) groups is 1. The maximum atomic E-state index is 11.7. The van der Waals surface area contributed by atoms with E-state index in [-0.39, 0.29) is 11.7 Å². The predicted molar refractivity (Wildman–Crippen MR) is 80.3 cm³/mol. The molecule has 0 saturated carbocycles. The van der Waals surface area contributed by atoms with Gasteiger partial charge >= 0.3 is 0 Å². The van der Waals surface area contributed by atoms with Crippen molar-refractivity contribution in [1.82, 2.24) is 0 Å². The van der Waals surface area contributed by atoms with Crippen molar-refractivity contribution in [3.05, 3.63) is 29.8 Å². The third-order valence-electron chi connectivity index (χ3n) is 2.69. The molecule has 0 spiro atoms. The van der Waals surface area contributed by atoms with Gasteiger partial charge in [-0.3, -0.25) is 9.00 Å². The SMILES string of the molecule is CC(C)CCS(=O)CC(=O)Nc1ccc(CN)cc1. The van der Waals surface area contributed by atoms with E-state index in [9.17, 15) is 9.00 Å². The molecule has 19 heavy (non-hydrogen) atoms. The van der Waals surface area contributed by atoms with Crippen molar-refractivity contribution in [1.29, 1.82) is 0 Å². The van der Waals surface area contributed by atoms with E-state index >= 15 is 0 Å². The molecule has 1 aromatic rings. The minimum atomic E-state index is -1.08. The monoisotopic (exact) mass is 282 g/mol. The molecule has 0 fully saturated rings. The quantitative estimate of drug-likeness (QED) is 0.802. The highest BCUT2D eigenvalue weighted by Crippen LogP contribution is 2.09. The Morgan fingerprint density at radius 1 is 1.32 bits per heavy atom. The van der Waals surface area contributed by atoms with E-state index in [0.29, 0.717) is 23.9 Å². The summed E-state index contributed by atoms with van der Waals surface area (Å²) < 4.78 is 11.7. The molecule has 0 heterocycles. The third-order valence-corrected chi connectivity index (χ3v) is 3.96. The van der Waals surface area contributed by atoms with Gasteiger partial charge in [-0.2, -0.15) is 0 Å². The summed E-state index contributed by atoms with van der Waals surface area (Å²) in [5.74, 6) is 0.946. The van der Waals surface area contributed by atoms with Crippen molar-refractivity contribution in [3.8, 4) is 0 Å². The number of anilines is 1. The van der Waals surface area contributed by atoms with Gasteiger partial charge in [0.05, 0.1) is 0 Å². The Bertz CT molecular complexity index is 430. The summed E-state index contributed by atoms with van der Waals surface area (Å²) in [7, 11) is -1.08. The summed E-state index contributed by atoms with van der Waals surface area (Å²) in [4.78, 5) is 11.7. The Kier molecular flexibility index (Phi) is 6.73. The van der Waals surface area contributed by atoms with Gasteiger partial charge < -0.3 is 11.1 Å². The van der Waals surface area contributed by atoms with E-state index in [0.717, 1.165) is 12.0 Å². The first kappa shape index (κ1) is 15.9. The first-order valence-electron chi connectivity index (χ1n) is 6.45. The average Bonchev–Trinajstić information content (AvgIpc) is 2.37. The smallest absolute Gasteiger partial charge is 0.236 e. The molecule has 0 radical (unpaired) electrons. The largest absolute Gasteiger partial charge is 0.326 e. The lowest BCUT2D eigenvalue weighted by molar-refractivity contribution is -0.113. The van der Waals surface area contributed by atoms with E-state index in [4.69, 9.17) is 5.73 Å². The Morgan fingerprint density at radius 3 is 2.47 bits per heavy atom. The summed E-state index contributed by atoms with van der Waals surface area (Å²) in [6.07, 6.45) is 0.880. The number of amides is 1. The van der Waals surface area contributed by atoms with Crippen molar-refractivity contribution in [2.45, 2.75) is 26.8 Å². The van der Waals surface area contributed by atoms with Gasteiger partial charge in [-0.25, -0.2) is 0 Å². The molecular formula is C14H22N2O2S.